The summed E-state index contributed by atoms with van der Waals surface area (Å²) in [6.07, 6.45) is 2.53. The van der Waals surface area contributed by atoms with Crippen LogP contribution in [0.4, 0.5) is 5.69 Å². The zero-order valence-corrected chi connectivity index (χ0v) is 12.4. The summed E-state index contributed by atoms with van der Waals surface area (Å²) in [6.45, 7) is 0. The summed E-state index contributed by atoms with van der Waals surface area (Å²) in [5.41, 5.74) is -1.35. The quantitative estimate of drug-likeness (QED) is 0.638. The maximum Gasteiger partial charge on any atom is 0.305 e. The zero-order chi connectivity index (χ0) is 16.3. The van der Waals surface area contributed by atoms with Crippen molar-refractivity contribution in [3.05, 3.63) is 38.9 Å². The monoisotopic (exact) mass is 326 g/mol. The Labute approximate surface area is 131 Å². The molecule has 0 radical (unpaired) electrons. The molecule has 1 aliphatic rings. The van der Waals surface area contributed by atoms with E-state index in [0.29, 0.717) is 12.8 Å². The Morgan fingerprint density at radius 1 is 1.36 bits per heavy atom. The molecule has 0 unspecified atom stereocenters. The fourth-order valence-corrected chi connectivity index (χ4v) is 3.01. The van der Waals surface area contributed by atoms with Crippen LogP contribution in [0.2, 0.25) is 5.02 Å². The van der Waals surface area contributed by atoms with Gasteiger partial charge in [0.05, 0.1) is 16.9 Å². The van der Waals surface area contributed by atoms with Crippen LogP contribution in [-0.4, -0.2) is 27.4 Å². The van der Waals surface area contributed by atoms with Crippen molar-refractivity contribution in [1.82, 2.24) is 5.32 Å². The summed E-state index contributed by atoms with van der Waals surface area (Å²) in [5, 5.41) is 22.9. The number of benzene rings is 1. The largest absolute Gasteiger partial charge is 0.481 e. The Hall–Kier alpha value is -2.15. The van der Waals surface area contributed by atoms with E-state index in [0.717, 1.165) is 18.9 Å². The van der Waals surface area contributed by atoms with Gasteiger partial charge in [0, 0.05) is 11.1 Å². The molecule has 1 aromatic rings. The van der Waals surface area contributed by atoms with Crippen molar-refractivity contribution in [3.8, 4) is 0 Å². The maximum atomic E-state index is 12.4. The minimum atomic E-state index is -1.01. The number of hydrogen-bond acceptors (Lipinski definition) is 4. The number of carbonyl (C=O) groups excluding carboxylic acids is 1. The van der Waals surface area contributed by atoms with Gasteiger partial charge < -0.3 is 10.4 Å². The molecule has 1 amide bonds. The summed E-state index contributed by atoms with van der Waals surface area (Å²) in [5.74, 6) is -1.65. The van der Waals surface area contributed by atoms with Crippen molar-refractivity contribution < 1.29 is 19.6 Å². The third kappa shape index (κ3) is 3.54. The van der Waals surface area contributed by atoms with E-state index in [1.165, 1.54) is 12.1 Å². The van der Waals surface area contributed by atoms with Gasteiger partial charge in [0.25, 0.3) is 11.6 Å². The number of nitro groups is 1. The van der Waals surface area contributed by atoms with Gasteiger partial charge in [-0.25, -0.2) is 0 Å². The van der Waals surface area contributed by atoms with Crippen molar-refractivity contribution in [1.29, 1.82) is 0 Å². The molecule has 22 heavy (non-hydrogen) atoms. The molecule has 0 atom stereocenters. The molecule has 0 aliphatic heterocycles. The first-order chi connectivity index (χ1) is 10.3. The van der Waals surface area contributed by atoms with Gasteiger partial charge in [0.2, 0.25) is 0 Å². The lowest BCUT2D eigenvalue weighted by Crippen LogP contribution is -2.47. The molecular weight excluding hydrogens is 312 g/mol. The molecule has 7 nitrogen and oxygen atoms in total. The summed E-state index contributed by atoms with van der Waals surface area (Å²) >= 11 is 5.72. The lowest BCUT2D eigenvalue weighted by Gasteiger charge is -2.28. The van der Waals surface area contributed by atoms with Gasteiger partial charge in [0.1, 0.15) is 5.56 Å². The number of rotatable bonds is 5. The molecule has 0 spiro atoms. The van der Waals surface area contributed by atoms with E-state index < -0.39 is 28.0 Å². The lowest BCUT2D eigenvalue weighted by molar-refractivity contribution is -0.385. The molecule has 0 heterocycles. The van der Waals surface area contributed by atoms with Crippen molar-refractivity contribution in [2.24, 2.45) is 0 Å². The van der Waals surface area contributed by atoms with E-state index >= 15 is 0 Å². The smallest absolute Gasteiger partial charge is 0.305 e. The summed E-state index contributed by atoms with van der Waals surface area (Å²) in [7, 11) is 0. The number of carboxylic acid groups (broad SMARTS) is 1. The highest BCUT2D eigenvalue weighted by molar-refractivity contribution is 6.31. The SMILES string of the molecule is O=C(O)CC1(NC(=O)c2ccc(Cl)cc2[N+](=O)[O-])CCCC1. The van der Waals surface area contributed by atoms with E-state index in [2.05, 4.69) is 5.32 Å². The third-order valence-electron chi connectivity index (χ3n) is 3.83. The second-order valence-corrected chi connectivity index (χ2v) is 5.87. The summed E-state index contributed by atoms with van der Waals surface area (Å²) in [4.78, 5) is 33.8. The number of aliphatic carboxylic acids is 1. The first kappa shape index (κ1) is 16.2. The van der Waals surface area contributed by atoms with E-state index in [9.17, 15) is 19.7 Å². The fourth-order valence-electron chi connectivity index (χ4n) is 2.84. The second-order valence-electron chi connectivity index (χ2n) is 5.43. The Morgan fingerprint density at radius 2 is 2.00 bits per heavy atom. The molecule has 0 aromatic heterocycles. The molecule has 1 aromatic carbocycles. The number of carbonyl (C=O) groups is 2. The van der Waals surface area contributed by atoms with E-state index in [1.54, 1.807) is 0 Å². The van der Waals surface area contributed by atoms with Gasteiger partial charge in [-0.3, -0.25) is 19.7 Å². The molecule has 118 valence electrons. The maximum absolute atomic E-state index is 12.4. The number of halogens is 1. The van der Waals surface area contributed by atoms with Crippen molar-refractivity contribution >= 4 is 29.2 Å². The fraction of sp³-hybridized carbons (Fsp3) is 0.429. The van der Waals surface area contributed by atoms with Gasteiger partial charge in [-0.15, -0.1) is 0 Å². The van der Waals surface area contributed by atoms with Crippen LogP contribution < -0.4 is 5.32 Å². The predicted molar refractivity (Wildman–Crippen MR) is 79.0 cm³/mol. The van der Waals surface area contributed by atoms with E-state index in [4.69, 9.17) is 16.7 Å². The highest BCUT2D eigenvalue weighted by Gasteiger charge is 2.38. The van der Waals surface area contributed by atoms with Crippen molar-refractivity contribution in [2.75, 3.05) is 0 Å². The Morgan fingerprint density at radius 3 is 2.55 bits per heavy atom. The molecule has 2 N–H and O–H groups in total. The van der Waals surface area contributed by atoms with Crippen LogP contribution in [0.1, 0.15) is 42.5 Å². The Bertz CT molecular complexity index is 626. The molecule has 2 rings (SSSR count). The van der Waals surface area contributed by atoms with Crippen molar-refractivity contribution in [2.45, 2.75) is 37.6 Å². The van der Waals surface area contributed by atoms with Gasteiger partial charge >= 0.3 is 5.97 Å². The van der Waals surface area contributed by atoms with Crippen LogP contribution in [-0.2, 0) is 4.79 Å². The Kier molecular flexibility index (Phi) is 4.65. The number of nitro benzene ring substituents is 1. The van der Waals surface area contributed by atoms with Gasteiger partial charge in [-0.2, -0.15) is 0 Å². The van der Waals surface area contributed by atoms with Gasteiger partial charge in [-0.05, 0) is 25.0 Å². The average Bonchev–Trinajstić information content (AvgIpc) is 2.85. The van der Waals surface area contributed by atoms with Crippen molar-refractivity contribution in [3.63, 3.8) is 0 Å². The highest BCUT2D eigenvalue weighted by Crippen LogP contribution is 2.33. The van der Waals surface area contributed by atoms with Crippen LogP contribution in [0.15, 0.2) is 18.2 Å². The molecular formula is C14H15ClN2O5. The summed E-state index contributed by atoms with van der Waals surface area (Å²) < 4.78 is 0. The highest BCUT2D eigenvalue weighted by atomic mass is 35.5. The first-order valence-electron chi connectivity index (χ1n) is 6.81. The van der Waals surface area contributed by atoms with E-state index in [1.807, 2.05) is 0 Å². The molecule has 8 heteroatoms. The molecule has 1 fully saturated rings. The van der Waals surface area contributed by atoms with Gasteiger partial charge in [0.15, 0.2) is 0 Å². The number of nitrogens with zero attached hydrogens (tertiary/aromatic N) is 1. The molecule has 1 aliphatic carbocycles. The minimum Gasteiger partial charge on any atom is -0.481 e. The molecule has 1 saturated carbocycles. The number of carboxylic acids is 1. The van der Waals surface area contributed by atoms with Crippen LogP contribution in [0, 0.1) is 10.1 Å². The predicted octanol–water partition coefficient (Wildman–Crippen LogP) is 2.77. The number of hydrogen-bond donors (Lipinski definition) is 2. The first-order valence-corrected chi connectivity index (χ1v) is 7.19. The minimum absolute atomic E-state index is 0.119. The normalized spacial score (nSPS) is 16.2. The van der Waals surface area contributed by atoms with Gasteiger partial charge in [-0.1, -0.05) is 24.4 Å². The molecule has 0 saturated heterocycles. The van der Waals surface area contributed by atoms with Crippen LogP contribution >= 0.6 is 11.6 Å². The third-order valence-corrected chi connectivity index (χ3v) is 4.07. The van der Waals surface area contributed by atoms with E-state index in [-0.39, 0.29) is 17.0 Å². The van der Waals surface area contributed by atoms with Crippen LogP contribution in [0.25, 0.3) is 0 Å². The number of nitrogens with one attached hydrogen (secondary N) is 1. The number of amides is 1. The zero-order valence-electron chi connectivity index (χ0n) is 11.7. The standard InChI is InChI=1S/C14H15ClN2O5/c15-9-3-4-10(11(7-9)17(21)22)13(20)16-14(8-12(18)19)5-1-2-6-14/h3-4,7H,1-2,5-6,8H2,(H,16,20)(H,18,19). The van der Waals surface area contributed by atoms with Crippen LogP contribution in [0.3, 0.4) is 0 Å². The lowest BCUT2D eigenvalue weighted by atomic mass is 9.92. The average molecular weight is 327 g/mol. The topological polar surface area (TPSA) is 110 Å². The Balaban J connectivity index is 2.28. The second kappa shape index (κ2) is 6.31. The summed E-state index contributed by atoms with van der Waals surface area (Å²) in [6, 6.07) is 3.77. The molecule has 0 bridgehead atoms. The van der Waals surface area contributed by atoms with Crippen LogP contribution in [0.5, 0.6) is 0 Å².